The van der Waals surface area contributed by atoms with Gasteiger partial charge in [0.25, 0.3) is 5.91 Å². The highest BCUT2D eigenvalue weighted by atomic mass is 79.9. The van der Waals surface area contributed by atoms with Gasteiger partial charge in [-0.25, -0.2) is 9.97 Å². The number of carbonyl (C=O) groups is 1. The van der Waals surface area contributed by atoms with E-state index >= 15 is 0 Å². The Morgan fingerprint density at radius 2 is 2.05 bits per heavy atom. The van der Waals surface area contributed by atoms with Crippen molar-refractivity contribution in [1.82, 2.24) is 9.97 Å². The number of halogens is 3. The fourth-order valence-electron chi connectivity index (χ4n) is 1.34. The molecule has 2 heterocycles. The van der Waals surface area contributed by atoms with Crippen LogP contribution in [0.15, 0.2) is 29.0 Å². The van der Waals surface area contributed by atoms with Crippen molar-refractivity contribution in [2.75, 3.05) is 5.32 Å². The van der Waals surface area contributed by atoms with Gasteiger partial charge in [0.1, 0.15) is 4.60 Å². The van der Waals surface area contributed by atoms with Crippen molar-refractivity contribution in [1.29, 1.82) is 0 Å². The van der Waals surface area contributed by atoms with Gasteiger partial charge in [0.15, 0.2) is 5.82 Å². The van der Waals surface area contributed by atoms with Crippen molar-refractivity contribution in [2.24, 2.45) is 0 Å². The van der Waals surface area contributed by atoms with E-state index < -0.39 is 0 Å². The average molecular weight is 361 g/mol. The number of aryl methyl sites for hydroxylation is 1. The molecule has 0 saturated heterocycles. The van der Waals surface area contributed by atoms with Gasteiger partial charge in [-0.3, -0.25) is 4.79 Å². The monoisotopic (exact) mass is 359 g/mol. The predicted octanol–water partition coefficient (Wildman–Crippen LogP) is 4.11. The van der Waals surface area contributed by atoms with Crippen LogP contribution in [-0.2, 0) is 0 Å². The second-order valence-electron chi connectivity index (χ2n) is 3.71. The molecule has 4 nitrogen and oxygen atoms in total. The van der Waals surface area contributed by atoms with Gasteiger partial charge in [0.05, 0.1) is 21.3 Å². The first-order valence-corrected chi connectivity index (χ1v) is 6.78. The number of carbonyl (C=O) groups excluding carboxylic acids is 1. The van der Waals surface area contributed by atoms with Crippen LogP contribution in [0.1, 0.15) is 16.1 Å². The zero-order chi connectivity index (χ0) is 14.0. The summed E-state index contributed by atoms with van der Waals surface area (Å²) in [7, 11) is 0. The van der Waals surface area contributed by atoms with Gasteiger partial charge in [-0.15, -0.1) is 0 Å². The molecule has 0 bridgehead atoms. The molecule has 7 heteroatoms. The van der Waals surface area contributed by atoms with E-state index in [1.54, 1.807) is 25.1 Å². The topological polar surface area (TPSA) is 54.9 Å². The van der Waals surface area contributed by atoms with E-state index in [-0.39, 0.29) is 16.7 Å². The minimum atomic E-state index is -0.337. The van der Waals surface area contributed by atoms with Gasteiger partial charge in [0, 0.05) is 6.20 Å². The van der Waals surface area contributed by atoms with Gasteiger partial charge in [-0.05, 0) is 41.1 Å². The Kier molecular flexibility index (Phi) is 4.39. The Labute approximate surface area is 128 Å². The van der Waals surface area contributed by atoms with Gasteiger partial charge in [-0.1, -0.05) is 23.2 Å². The van der Waals surface area contributed by atoms with Gasteiger partial charge >= 0.3 is 0 Å². The first kappa shape index (κ1) is 14.2. The number of rotatable bonds is 2. The molecule has 1 N–H and O–H groups in total. The lowest BCUT2D eigenvalue weighted by molar-refractivity contribution is 0.102. The summed E-state index contributed by atoms with van der Waals surface area (Å²) in [5, 5.41) is 3.36. The van der Waals surface area contributed by atoms with Crippen molar-refractivity contribution < 1.29 is 4.79 Å². The summed E-state index contributed by atoms with van der Waals surface area (Å²) in [5.41, 5.74) is 1.00. The van der Waals surface area contributed by atoms with Crippen LogP contribution < -0.4 is 5.32 Å². The minimum absolute atomic E-state index is 0.275. The molecular weight excluding hydrogens is 353 g/mol. The molecule has 0 atom stereocenters. The van der Waals surface area contributed by atoms with E-state index in [2.05, 4.69) is 31.2 Å². The first-order valence-electron chi connectivity index (χ1n) is 5.23. The number of hydrogen-bond donors (Lipinski definition) is 1. The van der Waals surface area contributed by atoms with Crippen molar-refractivity contribution in [2.45, 2.75) is 6.92 Å². The van der Waals surface area contributed by atoms with Crippen LogP contribution >= 0.6 is 39.1 Å². The molecule has 0 aliphatic carbocycles. The van der Waals surface area contributed by atoms with Gasteiger partial charge in [0.2, 0.25) is 0 Å². The Balaban J connectivity index is 2.24. The number of pyridine rings is 2. The zero-order valence-electron chi connectivity index (χ0n) is 9.75. The summed E-state index contributed by atoms with van der Waals surface area (Å²) in [4.78, 5) is 20.1. The van der Waals surface area contributed by atoms with E-state index in [1.165, 1.54) is 6.20 Å². The highest BCUT2D eigenvalue weighted by Gasteiger charge is 2.12. The molecule has 98 valence electrons. The SMILES string of the molecule is Cc1nc(NC(=O)c2ccc(Br)nc2)c(Cl)cc1Cl. The fourth-order valence-corrected chi connectivity index (χ4v) is 1.98. The lowest BCUT2D eigenvalue weighted by Crippen LogP contribution is -2.14. The van der Waals surface area contributed by atoms with Crippen LogP contribution in [0.2, 0.25) is 10.0 Å². The zero-order valence-corrected chi connectivity index (χ0v) is 12.8. The molecule has 1 amide bonds. The summed E-state index contributed by atoms with van der Waals surface area (Å²) >= 11 is 15.1. The van der Waals surface area contributed by atoms with E-state index in [9.17, 15) is 4.79 Å². The van der Waals surface area contributed by atoms with Gasteiger partial charge < -0.3 is 5.32 Å². The van der Waals surface area contributed by atoms with Crippen LogP contribution in [0.3, 0.4) is 0 Å². The number of anilines is 1. The predicted molar refractivity (Wildman–Crippen MR) is 78.9 cm³/mol. The molecule has 0 aliphatic heterocycles. The van der Waals surface area contributed by atoms with Crippen LogP contribution in [0, 0.1) is 6.92 Å². The van der Waals surface area contributed by atoms with Crippen molar-refractivity contribution in [3.63, 3.8) is 0 Å². The largest absolute Gasteiger partial charge is 0.305 e. The number of aromatic nitrogens is 2. The molecule has 0 spiro atoms. The Hall–Kier alpha value is -1.17. The lowest BCUT2D eigenvalue weighted by Gasteiger charge is -2.08. The maximum absolute atomic E-state index is 12.0. The molecule has 0 aliphatic rings. The smallest absolute Gasteiger partial charge is 0.258 e. The number of nitrogens with zero attached hydrogens (tertiary/aromatic N) is 2. The number of hydrogen-bond acceptors (Lipinski definition) is 3. The highest BCUT2D eigenvalue weighted by molar-refractivity contribution is 9.10. The third-order valence-corrected chi connectivity index (χ3v) is 3.47. The summed E-state index contributed by atoms with van der Waals surface area (Å²) in [5.74, 6) is -0.0624. The Morgan fingerprint density at radius 1 is 1.32 bits per heavy atom. The molecule has 0 fully saturated rings. The molecule has 0 unspecified atom stereocenters. The number of nitrogens with one attached hydrogen (secondary N) is 1. The maximum Gasteiger partial charge on any atom is 0.258 e. The Morgan fingerprint density at radius 3 is 2.68 bits per heavy atom. The van der Waals surface area contributed by atoms with E-state index in [1.807, 2.05) is 0 Å². The second kappa shape index (κ2) is 5.86. The Bertz CT molecular complexity index is 632. The quantitative estimate of drug-likeness (QED) is 0.820. The molecule has 0 aromatic carbocycles. The van der Waals surface area contributed by atoms with Crippen molar-refractivity contribution in [3.05, 3.63) is 50.3 Å². The third kappa shape index (κ3) is 3.43. The second-order valence-corrected chi connectivity index (χ2v) is 5.34. The molecule has 19 heavy (non-hydrogen) atoms. The standard InChI is InChI=1S/C12H8BrCl2N3O/c1-6-8(14)4-9(15)11(17-6)18-12(19)7-2-3-10(13)16-5-7/h2-5H,1H3,(H,17,18,19). The maximum atomic E-state index is 12.0. The van der Waals surface area contributed by atoms with Crippen LogP contribution in [-0.4, -0.2) is 15.9 Å². The van der Waals surface area contributed by atoms with Crippen molar-refractivity contribution >= 4 is 50.9 Å². The number of amides is 1. The molecule has 2 aromatic rings. The minimum Gasteiger partial charge on any atom is -0.305 e. The van der Waals surface area contributed by atoms with Crippen LogP contribution in [0.5, 0.6) is 0 Å². The van der Waals surface area contributed by atoms with Crippen LogP contribution in [0.25, 0.3) is 0 Å². The molecule has 0 radical (unpaired) electrons. The van der Waals surface area contributed by atoms with Crippen LogP contribution in [0.4, 0.5) is 5.82 Å². The molecule has 2 aromatic heterocycles. The molecular formula is C12H8BrCl2N3O. The average Bonchev–Trinajstić information content (AvgIpc) is 2.36. The third-order valence-electron chi connectivity index (χ3n) is 2.33. The molecule has 2 rings (SSSR count). The normalized spacial score (nSPS) is 10.3. The highest BCUT2D eigenvalue weighted by Crippen LogP contribution is 2.25. The van der Waals surface area contributed by atoms with E-state index in [0.29, 0.717) is 20.9 Å². The molecule has 0 saturated carbocycles. The fraction of sp³-hybridized carbons (Fsp3) is 0.0833. The summed E-state index contributed by atoms with van der Waals surface area (Å²) in [6, 6.07) is 4.86. The van der Waals surface area contributed by atoms with E-state index in [0.717, 1.165) is 0 Å². The summed E-state index contributed by atoms with van der Waals surface area (Å²) in [6.45, 7) is 1.73. The van der Waals surface area contributed by atoms with Gasteiger partial charge in [-0.2, -0.15) is 0 Å². The van der Waals surface area contributed by atoms with Crippen molar-refractivity contribution in [3.8, 4) is 0 Å². The first-order chi connectivity index (χ1) is 8.97. The summed E-state index contributed by atoms with van der Waals surface area (Å²) in [6.07, 6.45) is 1.45. The lowest BCUT2D eigenvalue weighted by atomic mass is 10.2. The summed E-state index contributed by atoms with van der Waals surface area (Å²) < 4.78 is 0.655. The van der Waals surface area contributed by atoms with E-state index in [4.69, 9.17) is 23.2 Å².